The van der Waals surface area contributed by atoms with Crippen molar-refractivity contribution in [1.29, 1.82) is 0 Å². The molecule has 1 aromatic carbocycles. The molecule has 1 aromatic heterocycles. The Morgan fingerprint density at radius 1 is 1.29 bits per heavy atom. The van der Waals surface area contributed by atoms with Crippen LogP contribution in [0, 0.1) is 12.7 Å². The van der Waals surface area contributed by atoms with Crippen LogP contribution in [0.25, 0.3) is 0 Å². The molecule has 0 aliphatic heterocycles. The Hall–Kier alpha value is -1.41. The molecule has 2 aromatic rings. The van der Waals surface area contributed by atoms with Crippen LogP contribution in [0.1, 0.15) is 22.2 Å². The van der Waals surface area contributed by atoms with Gasteiger partial charge in [-0.15, -0.1) is 11.6 Å². The van der Waals surface area contributed by atoms with Gasteiger partial charge in [0.15, 0.2) is 0 Å². The quantitative estimate of drug-likeness (QED) is 0.748. The van der Waals surface area contributed by atoms with E-state index in [0.717, 1.165) is 16.8 Å². The minimum atomic E-state index is -0.229. The Kier molecular flexibility index (Phi) is 3.75. The Morgan fingerprint density at radius 2 is 2.12 bits per heavy atom. The maximum absolute atomic E-state index is 13.0. The van der Waals surface area contributed by atoms with Gasteiger partial charge in [-0.2, -0.15) is 0 Å². The van der Waals surface area contributed by atoms with Gasteiger partial charge in [0.25, 0.3) is 0 Å². The number of hydrogen-bond acceptors (Lipinski definition) is 1. The summed E-state index contributed by atoms with van der Waals surface area (Å²) in [7, 11) is 0. The third-order valence-electron chi connectivity index (χ3n) is 2.68. The number of aryl methyl sites for hydroxylation is 1. The van der Waals surface area contributed by atoms with Gasteiger partial charge in [0.05, 0.1) is 5.38 Å². The number of pyridine rings is 1. The molecule has 1 atom stereocenters. The van der Waals surface area contributed by atoms with Crippen LogP contribution in [-0.2, 0) is 6.42 Å². The molecule has 0 amide bonds. The van der Waals surface area contributed by atoms with Crippen molar-refractivity contribution in [2.45, 2.75) is 18.7 Å². The molecule has 0 aliphatic rings. The predicted molar refractivity (Wildman–Crippen MR) is 67.7 cm³/mol. The Labute approximate surface area is 105 Å². The molecule has 3 heteroatoms. The fourth-order valence-electron chi connectivity index (χ4n) is 1.80. The predicted octanol–water partition coefficient (Wildman–Crippen LogP) is 4.05. The van der Waals surface area contributed by atoms with E-state index < -0.39 is 0 Å². The first kappa shape index (κ1) is 12.1. The highest BCUT2D eigenvalue weighted by atomic mass is 35.5. The van der Waals surface area contributed by atoms with Crippen LogP contribution >= 0.6 is 11.6 Å². The van der Waals surface area contributed by atoms with E-state index in [1.807, 2.05) is 25.1 Å². The Balaban J connectivity index is 2.17. The molecular formula is C14H13ClFN. The minimum Gasteiger partial charge on any atom is -0.261 e. The zero-order valence-electron chi connectivity index (χ0n) is 9.53. The molecule has 0 bridgehead atoms. The standard InChI is InChI=1S/C14H13ClFN/c1-10-8-11(16)5-6-13(10)14(15)9-12-4-2-3-7-17-12/h2-8,14H,9H2,1H3. The summed E-state index contributed by atoms with van der Waals surface area (Å²) in [4.78, 5) is 4.23. The van der Waals surface area contributed by atoms with E-state index >= 15 is 0 Å². The molecule has 0 aliphatic carbocycles. The van der Waals surface area contributed by atoms with Crippen molar-refractivity contribution in [3.8, 4) is 0 Å². The molecule has 0 spiro atoms. The van der Waals surface area contributed by atoms with Crippen molar-refractivity contribution < 1.29 is 4.39 Å². The molecule has 2 rings (SSSR count). The lowest BCUT2D eigenvalue weighted by Gasteiger charge is -2.12. The van der Waals surface area contributed by atoms with E-state index in [1.165, 1.54) is 12.1 Å². The van der Waals surface area contributed by atoms with Gasteiger partial charge in [-0.3, -0.25) is 4.98 Å². The van der Waals surface area contributed by atoms with Gasteiger partial charge in [0.2, 0.25) is 0 Å². The largest absolute Gasteiger partial charge is 0.261 e. The summed E-state index contributed by atoms with van der Waals surface area (Å²) in [5.41, 5.74) is 2.77. The van der Waals surface area contributed by atoms with Crippen molar-refractivity contribution in [2.24, 2.45) is 0 Å². The molecular weight excluding hydrogens is 237 g/mol. The second-order valence-electron chi connectivity index (χ2n) is 3.99. The van der Waals surface area contributed by atoms with E-state index in [9.17, 15) is 4.39 Å². The van der Waals surface area contributed by atoms with Crippen LogP contribution in [0.2, 0.25) is 0 Å². The molecule has 0 saturated heterocycles. The van der Waals surface area contributed by atoms with Crippen LogP contribution in [-0.4, -0.2) is 4.98 Å². The summed E-state index contributed by atoms with van der Waals surface area (Å²) in [6.45, 7) is 1.87. The van der Waals surface area contributed by atoms with Gasteiger partial charge in [-0.1, -0.05) is 12.1 Å². The summed E-state index contributed by atoms with van der Waals surface area (Å²) >= 11 is 6.34. The maximum atomic E-state index is 13.0. The topological polar surface area (TPSA) is 12.9 Å². The Bertz CT molecular complexity index is 499. The number of rotatable bonds is 3. The number of nitrogens with zero attached hydrogens (tertiary/aromatic N) is 1. The molecule has 17 heavy (non-hydrogen) atoms. The molecule has 1 nitrogen and oxygen atoms in total. The van der Waals surface area contributed by atoms with Gasteiger partial charge in [0.1, 0.15) is 5.82 Å². The fourth-order valence-corrected chi connectivity index (χ4v) is 2.21. The summed E-state index contributed by atoms with van der Waals surface area (Å²) in [6.07, 6.45) is 2.39. The van der Waals surface area contributed by atoms with Crippen LogP contribution in [0.5, 0.6) is 0 Å². The monoisotopic (exact) mass is 249 g/mol. The molecule has 0 radical (unpaired) electrons. The minimum absolute atomic E-state index is 0.175. The highest BCUT2D eigenvalue weighted by molar-refractivity contribution is 6.21. The first-order chi connectivity index (χ1) is 8.16. The van der Waals surface area contributed by atoms with Crippen molar-refractivity contribution >= 4 is 11.6 Å². The van der Waals surface area contributed by atoms with Gasteiger partial charge >= 0.3 is 0 Å². The van der Waals surface area contributed by atoms with Gasteiger partial charge in [-0.25, -0.2) is 4.39 Å². The fraction of sp³-hybridized carbons (Fsp3) is 0.214. The number of benzene rings is 1. The Morgan fingerprint density at radius 3 is 2.76 bits per heavy atom. The molecule has 0 N–H and O–H groups in total. The highest BCUT2D eigenvalue weighted by Crippen LogP contribution is 2.27. The van der Waals surface area contributed by atoms with E-state index in [-0.39, 0.29) is 11.2 Å². The van der Waals surface area contributed by atoms with Crippen molar-refractivity contribution in [1.82, 2.24) is 4.98 Å². The van der Waals surface area contributed by atoms with E-state index in [0.29, 0.717) is 6.42 Å². The van der Waals surface area contributed by atoms with E-state index in [4.69, 9.17) is 11.6 Å². The summed E-state index contributed by atoms with van der Waals surface area (Å²) in [5, 5.41) is -0.175. The smallest absolute Gasteiger partial charge is 0.123 e. The van der Waals surface area contributed by atoms with Crippen LogP contribution in [0.4, 0.5) is 4.39 Å². The second-order valence-corrected chi connectivity index (χ2v) is 4.52. The van der Waals surface area contributed by atoms with Crippen molar-refractivity contribution in [3.63, 3.8) is 0 Å². The second kappa shape index (κ2) is 5.28. The third kappa shape index (κ3) is 3.04. The van der Waals surface area contributed by atoms with E-state index in [2.05, 4.69) is 4.98 Å². The molecule has 0 fully saturated rings. The number of hydrogen-bond donors (Lipinski definition) is 0. The number of halogens is 2. The molecule has 88 valence electrons. The van der Waals surface area contributed by atoms with Crippen LogP contribution < -0.4 is 0 Å². The zero-order valence-corrected chi connectivity index (χ0v) is 10.3. The molecule has 1 unspecified atom stereocenters. The zero-order chi connectivity index (χ0) is 12.3. The summed E-state index contributed by atoms with van der Waals surface area (Å²) in [5.74, 6) is -0.229. The number of alkyl halides is 1. The summed E-state index contributed by atoms with van der Waals surface area (Å²) in [6, 6.07) is 10.4. The van der Waals surface area contributed by atoms with Gasteiger partial charge in [-0.05, 0) is 42.3 Å². The molecule has 0 saturated carbocycles. The normalized spacial score (nSPS) is 12.4. The lowest BCUT2D eigenvalue weighted by atomic mass is 10.0. The highest BCUT2D eigenvalue weighted by Gasteiger charge is 2.12. The first-order valence-electron chi connectivity index (χ1n) is 5.47. The van der Waals surface area contributed by atoms with Gasteiger partial charge in [0, 0.05) is 18.3 Å². The summed E-state index contributed by atoms with van der Waals surface area (Å²) < 4.78 is 13.0. The lowest BCUT2D eigenvalue weighted by molar-refractivity contribution is 0.625. The van der Waals surface area contributed by atoms with Crippen molar-refractivity contribution in [2.75, 3.05) is 0 Å². The lowest BCUT2D eigenvalue weighted by Crippen LogP contribution is -2.00. The van der Waals surface area contributed by atoms with Crippen molar-refractivity contribution in [3.05, 3.63) is 65.2 Å². The number of aromatic nitrogens is 1. The molecule has 1 heterocycles. The maximum Gasteiger partial charge on any atom is 0.123 e. The van der Waals surface area contributed by atoms with E-state index in [1.54, 1.807) is 12.3 Å². The average Bonchev–Trinajstić information content (AvgIpc) is 2.30. The SMILES string of the molecule is Cc1cc(F)ccc1C(Cl)Cc1ccccn1. The third-order valence-corrected chi connectivity index (χ3v) is 3.07. The van der Waals surface area contributed by atoms with Crippen LogP contribution in [0.15, 0.2) is 42.6 Å². The average molecular weight is 250 g/mol. The first-order valence-corrected chi connectivity index (χ1v) is 5.90. The van der Waals surface area contributed by atoms with Gasteiger partial charge < -0.3 is 0 Å². The van der Waals surface area contributed by atoms with Crippen LogP contribution in [0.3, 0.4) is 0 Å².